The van der Waals surface area contributed by atoms with Gasteiger partial charge in [0.15, 0.2) is 0 Å². The predicted molar refractivity (Wildman–Crippen MR) is 72.4 cm³/mol. The van der Waals surface area contributed by atoms with Crippen LogP contribution in [0.3, 0.4) is 0 Å². The molecule has 4 nitrogen and oxygen atoms in total. The number of aliphatic hydroxyl groups is 1. The van der Waals surface area contributed by atoms with Crippen molar-refractivity contribution in [2.24, 2.45) is 0 Å². The summed E-state index contributed by atoms with van der Waals surface area (Å²) in [7, 11) is 0. The highest BCUT2D eigenvalue weighted by molar-refractivity contribution is 5.38. The summed E-state index contributed by atoms with van der Waals surface area (Å²) < 4.78 is 1.99. The molecule has 1 aromatic heterocycles. The third-order valence-corrected chi connectivity index (χ3v) is 3.56. The molecule has 0 aliphatic carbocycles. The van der Waals surface area contributed by atoms with Gasteiger partial charge in [-0.15, -0.1) is 0 Å². The molecule has 1 aromatic carbocycles. The van der Waals surface area contributed by atoms with E-state index >= 15 is 0 Å². The lowest BCUT2D eigenvalue weighted by Crippen LogP contribution is -3.00. The number of hydrogen-bond donors (Lipinski definition) is 1. The van der Waals surface area contributed by atoms with Crippen molar-refractivity contribution in [3.05, 3.63) is 54.4 Å². The molecule has 1 aliphatic heterocycles. The van der Waals surface area contributed by atoms with Crippen molar-refractivity contribution in [2.45, 2.75) is 32.2 Å². The van der Waals surface area contributed by atoms with E-state index in [2.05, 4.69) is 18.8 Å². The number of fused-ring (bicyclic) bond motifs is 1. The molecular formula is C15H18BrN3O. The molecular weight excluding hydrogens is 318 g/mol. The van der Waals surface area contributed by atoms with Crippen molar-refractivity contribution < 1.29 is 26.7 Å². The normalized spacial score (nSPS) is 20.7. The van der Waals surface area contributed by atoms with E-state index in [9.17, 15) is 5.11 Å². The fourth-order valence-corrected chi connectivity index (χ4v) is 2.79. The number of rotatable bonds is 2. The maximum Gasteiger partial charge on any atom is 0.397 e. The number of benzene rings is 1. The molecule has 1 unspecified atom stereocenters. The SMILES string of the molecule is CC(C)N1c2nccc[n+]2CC1(O)c1ccccc1.[Br-]. The van der Waals surface area contributed by atoms with Crippen LogP contribution in [0.1, 0.15) is 19.4 Å². The standard InChI is InChI=1S/C15H18N3O.BrH/c1-12(2)18-14-16-9-6-10-17(14)11-15(18,19)13-7-4-3-5-8-13;/h3-10,12,19H,11H2,1-2H3;1H/q+1;/p-1. The summed E-state index contributed by atoms with van der Waals surface area (Å²) in [6, 6.07) is 11.8. The molecule has 1 aliphatic rings. The lowest BCUT2D eigenvalue weighted by molar-refractivity contribution is -0.685. The van der Waals surface area contributed by atoms with Gasteiger partial charge in [-0.05, 0) is 13.8 Å². The van der Waals surface area contributed by atoms with Crippen LogP contribution in [0, 0.1) is 0 Å². The molecule has 0 bridgehead atoms. The second-order valence-electron chi connectivity index (χ2n) is 5.19. The zero-order chi connectivity index (χ0) is 13.5. The molecule has 3 rings (SSSR count). The summed E-state index contributed by atoms with van der Waals surface area (Å²) in [6.45, 7) is 4.63. The van der Waals surface area contributed by atoms with Crippen LogP contribution in [-0.2, 0) is 12.3 Å². The zero-order valence-corrected chi connectivity index (χ0v) is 13.2. The minimum atomic E-state index is -1.03. The number of aromatic nitrogens is 2. The van der Waals surface area contributed by atoms with E-state index in [4.69, 9.17) is 0 Å². The smallest absolute Gasteiger partial charge is 0.397 e. The minimum Gasteiger partial charge on any atom is -1.00 e. The Morgan fingerprint density at radius 1 is 1.25 bits per heavy atom. The van der Waals surface area contributed by atoms with Crippen molar-refractivity contribution in [3.63, 3.8) is 0 Å². The highest BCUT2D eigenvalue weighted by Crippen LogP contribution is 2.35. The number of anilines is 1. The summed E-state index contributed by atoms with van der Waals surface area (Å²) in [4.78, 5) is 6.39. The maximum atomic E-state index is 11.2. The van der Waals surface area contributed by atoms with Crippen molar-refractivity contribution in [1.29, 1.82) is 0 Å². The van der Waals surface area contributed by atoms with E-state index in [-0.39, 0.29) is 23.0 Å². The quantitative estimate of drug-likeness (QED) is 0.675. The molecule has 0 spiro atoms. The fourth-order valence-electron chi connectivity index (χ4n) is 2.79. The van der Waals surface area contributed by atoms with Gasteiger partial charge in [0.25, 0.3) is 0 Å². The minimum absolute atomic E-state index is 0. The molecule has 2 heterocycles. The zero-order valence-electron chi connectivity index (χ0n) is 11.6. The van der Waals surface area contributed by atoms with Crippen LogP contribution in [0.2, 0.25) is 0 Å². The van der Waals surface area contributed by atoms with E-state index in [1.807, 2.05) is 52.1 Å². The van der Waals surface area contributed by atoms with Gasteiger partial charge in [-0.3, -0.25) is 0 Å². The highest BCUT2D eigenvalue weighted by Gasteiger charge is 2.52. The monoisotopic (exact) mass is 335 g/mol. The number of halogens is 1. The first-order valence-electron chi connectivity index (χ1n) is 6.54. The first-order chi connectivity index (χ1) is 9.13. The van der Waals surface area contributed by atoms with Gasteiger partial charge in [0, 0.05) is 11.6 Å². The Morgan fingerprint density at radius 2 is 1.95 bits per heavy atom. The van der Waals surface area contributed by atoms with Gasteiger partial charge >= 0.3 is 5.95 Å². The van der Waals surface area contributed by atoms with E-state index in [1.165, 1.54) is 0 Å². The van der Waals surface area contributed by atoms with Crippen molar-refractivity contribution in [1.82, 2.24) is 4.98 Å². The summed E-state index contributed by atoms with van der Waals surface area (Å²) >= 11 is 0. The molecule has 0 amide bonds. The second kappa shape index (κ2) is 5.50. The number of nitrogens with zero attached hydrogens (tertiary/aromatic N) is 3. The van der Waals surface area contributed by atoms with Crippen LogP contribution in [-0.4, -0.2) is 16.1 Å². The van der Waals surface area contributed by atoms with Gasteiger partial charge in [-0.1, -0.05) is 35.3 Å². The first kappa shape index (κ1) is 14.9. The summed E-state index contributed by atoms with van der Waals surface area (Å²) in [5, 5.41) is 11.2. The second-order valence-corrected chi connectivity index (χ2v) is 5.19. The van der Waals surface area contributed by atoms with Crippen molar-refractivity contribution in [3.8, 4) is 0 Å². The van der Waals surface area contributed by atoms with Gasteiger partial charge in [-0.2, -0.15) is 0 Å². The Morgan fingerprint density at radius 3 is 2.60 bits per heavy atom. The Hall–Kier alpha value is -1.46. The molecule has 0 radical (unpaired) electrons. The Bertz CT molecular complexity index is 591. The molecule has 0 saturated carbocycles. The first-order valence-corrected chi connectivity index (χ1v) is 6.54. The van der Waals surface area contributed by atoms with E-state index in [0.717, 1.165) is 11.5 Å². The fraction of sp³-hybridized carbons (Fsp3) is 0.333. The van der Waals surface area contributed by atoms with Gasteiger partial charge < -0.3 is 22.1 Å². The average Bonchev–Trinajstić information content (AvgIpc) is 2.73. The van der Waals surface area contributed by atoms with E-state index in [0.29, 0.717) is 6.54 Å². The van der Waals surface area contributed by atoms with Gasteiger partial charge in [0.1, 0.15) is 12.7 Å². The number of hydrogen-bond acceptors (Lipinski definition) is 3. The van der Waals surface area contributed by atoms with Crippen LogP contribution in [0.25, 0.3) is 0 Å². The lowest BCUT2D eigenvalue weighted by Gasteiger charge is -2.31. The Labute approximate surface area is 129 Å². The van der Waals surface area contributed by atoms with Crippen LogP contribution < -0.4 is 26.4 Å². The molecule has 0 fully saturated rings. The predicted octanol–water partition coefficient (Wildman–Crippen LogP) is -1.55. The average molecular weight is 336 g/mol. The molecule has 2 aromatic rings. The van der Waals surface area contributed by atoms with Gasteiger partial charge in [0.2, 0.25) is 5.72 Å². The molecule has 1 N–H and O–H groups in total. The third kappa shape index (κ3) is 2.21. The third-order valence-electron chi connectivity index (χ3n) is 3.56. The topological polar surface area (TPSA) is 40.2 Å². The van der Waals surface area contributed by atoms with E-state index < -0.39 is 5.72 Å². The Balaban J connectivity index is 0.00000147. The van der Waals surface area contributed by atoms with Crippen LogP contribution in [0.5, 0.6) is 0 Å². The largest absolute Gasteiger partial charge is 1.00 e. The summed E-state index contributed by atoms with van der Waals surface area (Å²) in [5.41, 5.74) is -0.134. The maximum absolute atomic E-state index is 11.2. The Kier molecular flexibility index (Phi) is 4.11. The van der Waals surface area contributed by atoms with Crippen molar-refractivity contribution >= 4 is 5.95 Å². The molecule has 0 saturated heterocycles. The molecule has 106 valence electrons. The summed E-state index contributed by atoms with van der Waals surface area (Å²) in [5.74, 6) is 0.809. The van der Waals surface area contributed by atoms with Crippen LogP contribution in [0.15, 0.2) is 48.8 Å². The van der Waals surface area contributed by atoms with E-state index in [1.54, 1.807) is 6.20 Å². The summed E-state index contributed by atoms with van der Waals surface area (Å²) in [6.07, 6.45) is 3.72. The lowest BCUT2D eigenvalue weighted by atomic mass is 10.0. The molecule has 5 heteroatoms. The highest BCUT2D eigenvalue weighted by atomic mass is 79.9. The molecule has 1 atom stereocenters. The van der Waals surface area contributed by atoms with Crippen molar-refractivity contribution in [2.75, 3.05) is 4.90 Å². The molecule has 20 heavy (non-hydrogen) atoms. The van der Waals surface area contributed by atoms with Gasteiger partial charge in [-0.25, -0.2) is 9.47 Å². The van der Waals surface area contributed by atoms with Gasteiger partial charge in [0.05, 0.1) is 12.2 Å². The van der Waals surface area contributed by atoms with Crippen LogP contribution >= 0.6 is 0 Å². The van der Waals surface area contributed by atoms with Crippen LogP contribution in [0.4, 0.5) is 5.95 Å².